The van der Waals surface area contributed by atoms with Gasteiger partial charge in [-0.1, -0.05) is 0 Å². The number of hydrogen-bond acceptors (Lipinski definition) is 4. The Labute approximate surface area is 180 Å². The second kappa shape index (κ2) is 9.16. The summed E-state index contributed by atoms with van der Waals surface area (Å²) in [4.78, 5) is 40.5. The van der Waals surface area contributed by atoms with Gasteiger partial charge in [0.1, 0.15) is 11.4 Å². The van der Waals surface area contributed by atoms with Gasteiger partial charge in [0, 0.05) is 43.0 Å². The van der Waals surface area contributed by atoms with Gasteiger partial charge >= 0.3 is 6.09 Å². The van der Waals surface area contributed by atoms with Gasteiger partial charge in [0.05, 0.1) is 0 Å². The summed E-state index contributed by atoms with van der Waals surface area (Å²) in [7, 11) is 0. The fourth-order valence-corrected chi connectivity index (χ4v) is 3.19. The van der Waals surface area contributed by atoms with Gasteiger partial charge in [-0.15, -0.1) is 0 Å². The Hall–Kier alpha value is -3.42. The first kappa shape index (κ1) is 22.3. The van der Waals surface area contributed by atoms with Gasteiger partial charge in [-0.3, -0.25) is 14.9 Å². The molecule has 3 rings (SSSR count). The van der Waals surface area contributed by atoms with Crippen molar-refractivity contribution < 1.29 is 23.5 Å². The highest BCUT2D eigenvalue weighted by molar-refractivity contribution is 5.96. The average molecular weight is 427 g/mol. The molecule has 0 aliphatic carbocycles. The van der Waals surface area contributed by atoms with E-state index >= 15 is 0 Å². The van der Waals surface area contributed by atoms with Gasteiger partial charge in [0.2, 0.25) is 0 Å². The lowest BCUT2D eigenvalue weighted by Gasteiger charge is -2.35. The minimum atomic E-state index is -0.597. The molecular formula is C23H26FN3O4. The maximum atomic E-state index is 13.1. The van der Waals surface area contributed by atoms with Crippen molar-refractivity contribution in [2.75, 3.05) is 31.5 Å². The van der Waals surface area contributed by atoms with Gasteiger partial charge in [0.15, 0.2) is 0 Å². The molecule has 1 N–H and O–H groups in total. The SMILES string of the molecule is CC(C)(C)OC(=O)Nc1ccc(C(=O)N2CCN(C(=O)c3ccc(F)cc3)CC2)cc1. The van der Waals surface area contributed by atoms with Crippen LogP contribution in [-0.4, -0.2) is 59.5 Å². The molecule has 0 bridgehead atoms. The van der Waals surface area contributed by atoms with Crippen molar-refractivity contribution in [3.63, 3.8) is 0 Å². The zero-order chi connectivity index (χ0) is 22.6. The van der Waals surface area contributed by atoms with Crippen molar-refractivity contribution in [2.45, 2.75) is 26.4 Å². The molecule has 164 valence electrons. The number of anilines is 1. The summed E-state index contributed by atoms with van der Waals surface area (Å²) in [6, 6.07) is 12.0. The molecule has 0 spiro atoms. The molecule has 1 saturated heterocycles. The lowest BCUT2D eigenvalue weighted by atomic mass is 10.1. The average Bonchev–Trinajstić information content (AvgIpc) is 2.72. The summed E-state index contributed by atoms with van der Waals surface area (Å²) in [5.41, 5.74) is 0.850. The van der Waals surface area contributed by atoms with Crippen LogP contribution in [0.2, 0.25) is 0 Å². The summed E-state index contributed by atoms with van der Waals surface area (Å²) in [5.74, 6) is -0.707. The summed E-state index contributed by atoms with van der Waals surface area (Å²) in [6.45, 7) is 6.96. The molecule has 0 unspecified atom stereocenters. The minimum Gasteiger partial charge on any atom is -0.444 e. The number of nitrogens with one attached hydrogen (secondary N) is 1. The summed E-state index contributed by atoms with van der Waals surface area (Å²) >= 11 is 0. The molecule has 1 fully saturated rings. The van der Waals surface area contributed by atoms with Gasteiger partial charge in [0.25, 0.3) is 11.8 Å². The molecule has 0 atom stereocenters. The Balaban J connectivity index is 1.54. The van der Waals surface area contributed by atoms with E-state index in [-0.39, 0.29) is 17.6 Å². The van der Waals surface area contributed by atoms with Crippen molar-refractivity contribution in [3.8, 4) is 0 Å². The van der Waals surface area contributed by atoms with Crippen LogP contribution in [0.4, 0.5) is 14.9 Å². The van der Waals surface area contributed by atoms with Gasteiger partial charge in [-0.2, -0.15) is 0 Å². The quantitative estimate of drug-likeness (QED) is 0.809. The highest BCUT2D eigenvalue weighted by Gasteiger charge is 2.25. The van der Waals surface area contributed by atoms with Crippen molar-refractivity contribution >= 4 is 23.6 Å². The Kier molecular flexibility index (Phi) is 6.58. The zero-order valence-corrected chi connectivity index (χ0v) is 17.9. The fourth-order valence-electron chi connectivity index (χ4n) is 3.19. The van der Waals surface area contributed by atoms with Gasteiger partial charge < -0.3 is 14.5 Å². The number of amides is 3. The number of hydrogen-bond donors (Lipinski definition) is 1. The van der Waals surface area contributed by atoms with Crippen molar-refractivity contribution in [3.05, 3.63) is 65.5 Å². The van der Waals surface area contributed by atoms with Crippen LogP contribution in [0.1, 0.15) is 41.5 Å². The lowest BCUT2D eigenvalue weighted by Crippen LogP contribution is -2.50. The molecule has 1 aliphatic heterocycles. The Morgan fingerprint density at radius 1 is 0.806 bits per heavy atom. The van der Waals surface area contributed by atoms with Crippen molar-refractivity contribution in [2.24, 2.45) is 0 Å². The largest absolute Gasteiger partial charge is 0.444 e. The van der Waals surface area contributed by atoms with Crippen LogP contribution in [0.3, 0.4) is 0 Å². The predicted octanol–water partition coefficient (Wildman–Crippen LogP) is 3.77. The fraction of sp³-hybridized carbons (Fsp3) is 0.348. The van der Waals surface area contributed by atoms with Crippen molar-refractivity contribution in [1.82, 2.24) is 9.80 Å². The predicted molar refractivity (Wildman–Crippen MR) is 115 cm³/mol. The standard InChI is InChI=1S/C23H26FN3O4/c1-23(2,3)31-22(30)25-19-10-6-17(7-11-19)21(29)27-14-12-26(13-15-27)20(28)16-4-8-18(24)9-5-16/h4-11H,12-15H2,1-3H3,(H,25,30). The molecule has 7 nitrogen and oxygen atoms in total. The highest BCUT2D eigenvalue weighted by Crippen LogP contribution is 2.16. The van der Waals surface area contributed by atoms with E-state index in [1.54, 1.807) is 54.8 Å². The van der Waals surface area contributed by atoms with Crippen LogP contribution >= 0.6 is 0 Å². The molecule has 0 aromatic heterocycles. The van der Waals surface area contributed by atoms with Gasteiger partial charge in [-0.05, 0) is 69.3 Å². The molecule has 0 saturated carbocycles. The van der Waals surface area contributed by atoms with Crippen LogP contribution in [-0.2, 0) is 4.74 Å². The topological polar surface area (TPSA) is 79.0 Å². The Bertz CT molecular complexity index is 944. The first-order valence-corrected chi connectivity index (χ1v) is 10.1. The minimum absolute atomic E-state index is 0.141. The molecule has 8 heteroatoms. The Morgan fingerprint density at radius 2 is 1.23 bits per heavy atom. The smallest absolute Gasteiger partial charge is 0.412 e. The first-order valence-electron chi connectivity index (χ1n) is 10.1. The normalized spacial score (nSPS) is 14.2. The number of benzene rings is 2. The summed E-state index contributed by atoms with van der Waals surface area (Å²) in [6.07, 6.45) is -0.562. The van der Waals surface area contributed by atoms with E-state index in [2.05, 4.69) is 5.32 Å². The highest BCUT2D eigenvalue weighted by atomic mass is 19.1. The van der Waals surface area contributed by atoms with E-state index in [9.17, 15) is 18.8 Å². The second-order valence-electron chi connectivity index (χ2n) is 8.30. The van der Waals surface area contributed by atoms with E-state index in [0.717, 1.165) is 0 Å². The van der Waals surface area contributed by atoms with E-state index < -0.39 is 11.7 Å². The second-order valence-corrected chi connectivity index (χ2v) is 8.30. The van der Waals surface area contributed by atoms with E-state index in [0.29, 0.717) is 43.0 Å². The molecule has 1 heterocycles. The zero-order valence-electron chi connectivity index (χ0n) is 17.9. The van der Waals surface area contributed by atoms with E-state index in [4.69, 9.17) is 4.74 Å². The van der Waals surface area contributed by atoms with Crippen LogP contribution in [0.15, 0.2) is 48.5 Å². The molecule has 0 radical (unpaired) electrons. The molecule has 2 aromatic rings. The third-order valence-corrected chi connectivity index (χ3v) is 4.72. The van der Waals surface area contributed by atoms with Gasteiger partial charge in [-0.25, -0.2) is 9.18 Å². The number of rotatable bonds is 3. The van der Waals surface area contributed by atoms with E-state index in [1.165, 1.54) is 24.3 Å². The van der Waals surface area contributed by atoms with E-state index in [1.807, 2.05) is 0 Å². The van der Waals surface area contributed by atoms with Crippen LogP contribution < -0.4 is 5.32 Å². The number of halogens is 1. The lowest BCUT2D eigenvalue weighted by molar-refractivity contribution is 0.0535. The number of piperazine rings is 1. The molecule has 2 aromatic carbocycles. The third-order valence-electron chi connectivity index (χ3n) is 4.72. The van der Waals surface area contributed by atoms with Crippen molar-refractivity contribution in [1.29, 1.82) is 0 Å². The third kappa shape index (κ3) is 6.04. The van der Waals surface area contributed by atoms with Crippen LogP contribution in [0, 0.1) is 5.82 Å². The maximum Gasteiger partial charge on any atom is 0.412 e. The molecule has 31 heavy (non-hydrogen) atoms. The molecule has 3 amide bonds. The number of nitrogens with zero attached hydrogens (tertiary/aromatic N) is 2. The number of carbonyl (C=O) groups excluding carboxylic acids is 3. The Morgan fingerprint density at radius 3 is 1.65 bits per heavy atom. The van der Waals surface area contributed by atoms with Crippen LogP contribution in [0.5, 0.6) is 0 Å². The van der Waals surface area contributed by atoms with Crippen LogP contribution in [0.25, 0.3) is 0 Å². The summed E-state index contributed by atoms with van der Waals surface area (Å²) in [5, 5.41) is 2.63. The first-order chi connectivity index (χ1) is 14.6. The summed E-state index contributed by atoms with van der Waals surface area (Å²) < 4.78 is 18.3. The monoisotopic (exact) mass is 427 g/mol. The number of carbonyl (C=O) groups is 3. The molecule has 1 aliphatic rings. The molecular weight excluding hydrogens is 401 g/mol. The number of ether oxygens (including phenoxy) is 1. The maximum absolute atomic E-state index is 13.1.